The molecule has 2 aromatic rings. The predicted molar refractivity (Wildman–Crippen MR) is 82.6 cm³/mol. The molecule has 0 unspecified atom stereocenters. The van der Waals surface area contributed by atoms with Gasteiger partial charge in [-0.3, -0.25) is 9.59 Å². The molecule has 1 heterocycles. The number of anilines is 2. The molecule has 1 aliphatic rings. The number of carbonyl (C=O) groups is 2. The monoisotopic (exact) mass is 280 g/mol. The molecule has 0 saturated heterocycles. The van der Waals surface area contributed by atoms with E-state index in [1.54, 1.807) is 36.2 Å². The summed E-state index contributed by atoms with van der Waals surface area (Å²) >= 11 is 0. The number of nitrogens with zero attached hydrogens (tertiary/aromatic N) is 1. The summed E-state index contributed by atoms with van der Waals surface area (Å²) in [4.78, 5) is 25.9. The van der Waals surface area contributed by atoms with Crippen LogP contribution in [-0.2, 0) is 11.2 Å². The van der Waals surface area contributed by atoms with Gasteiger partial charge in [0.25, 0.3) is 0 Å². The standard InChI is InChI=1S/C17H16N2O2/c1-10-7-13(18)4-5-14(10)17(21)11-3-6-15-12(8-11)9-16(20)19(15)2/h3-8H,9,18H2,1-2H3. The van der Waals surface area contributed by atoms with Crippen molar-refractivity contribution >= 4 is 23.1 Å². The van der Waals surface area contributed by atoms with E-state index in [2.05, 4.69) is 0 Å². The second-order valence-electron chi connectivity index (χ2n) is 5.38. The molecular formula is C17H16N2O2. The van der Waals surface area contributed by atoms with E-state index in [1.807, 2.05) is 19.1 Å². The van der Waals surface area contributed by atoms with Crippen LogP contribution in [0.5, 0.6) is 0 Å². The van der Waals surface area contributed by atoms with Crippen molar-refractivity contribution in [1.82, 2.24) is 0 Å². The number of nitrogen functional groups attached to an aromatic ring is 1. The Hall–Kier alpha value is -2.62. The van der Waals surface area contributed by atoms with E-state index in [-0.39, 0.29) is 11.7 Å². The number of ketones is 1. The summed E-state index contributed by atoms with van der Waals surface area (Å²) in [7, 11) is 1.75. The van der Waals surface area contributed by atoms with E-state index in [4.69, 9.17) is 5.73 Å². The third kappa shape index (κ3) is 2.18. The van der Waals surface area contributed by atoms with Crippen LogP contribution in [0.2, 0.25) is 0 Å². The number of carbonyl (C=O) groups excluding carboxylic acids is 2. The molecule has 0 atom stereocenters. The quantitative estimate of drug-likeness (QED) is 0.678. The molecule has 2 aromatic carbocycles. The largest absolute Gasteiger partial charge is 0.399 e. The minimum absolute atomic E-state index is 0.0442. The Labute approximate surface area is 123 Å². The van der Waals surface area contributed by atoms with Gasteiger partial charge in [-0.1, -0.05) is 0 Å². The van der Waals surface area contributed by atoms with Gasteiger partial charge in [0.05, 0.1) is 6.42 Å². The molecule has 3 rings (SSSR count). The highest BCUT2D eigenvalue weighted by Gasteiger charge is 2.25. The Kier molecular flexibility index (Phi) is 3.01. The first-order valence-corrected chi connectivity index (χ1v) is 6.77. The molecule has 0 radical (unpaired) electrons. The molecule has 0 fully saturated rings. The van der Waals surface area contributed by atoms with Crippen molar-refractivity contribution in [3.63, 3.8) is 0 Å². The summed E-state index contributed by atoms with van der Waals surface area (Å²) in [5.41, 5.74) is 10.2. The minimum atomic E-state index is -0.0442. The number of amides is 1. The molecule has 0 bridgehead atoms. The van der Waals surface area contributed by atoms with Gasteiger partial charge < -0.3 is 10.6 Å². The topological polar surface area (TPSA) is 63.4 Å². The van der Waals surface area contributed by atoms with Gasteiger partial charge in [0.15, 0.2) is 5.78 Å². The zero-order valence-corrected chi connectivity index (χ0v) is 12.0. The summed E-state index contributed by atoms with van der Waals surface area (Å²) in [6, 6.07) is 10.7. The van der Waals surface area contributed by atoms with Crippen molar-refractivity contribution in [2.75, 3.05) is 17.7 Å². The van der Waals surface area contributed by atoms with Gasteiger partial charge in [-0.15, -0.1) is 0 Å². The Morgan fingerprint density at radius 1 is 1.19 bits per heavy atom. The fourth-order valence-corrected chi connectivity index (χ4v) is 2.71. The van der Waals surface area contributed by atoms with E-state index in [9.17, 15) is 9.59 Å². The molecule has 4 heteroatoms. The van der Waals surface area contributed by atoms with Crippen LogP contribution in [0, 0.1) is 6.92 Å². The van der Waals surface area contributed by atoms with Crippen LogP contribution in [0.3, 0.4) is 0 Å². The lowest BCUT2D eigenvalue weighted by molar-refractivity contribution is -0.117. The Bertz CT molecular complexity index is 765. The van der Waals surface area contributed by atoms with Gasteiger partial charge in [-0.2, -0.15) is 0 Å². The summed E-state index contributed by atoms with van der Waals surface area (Å²) in [5, 5.41) is 0. The van der Waals surface area contributed by atoms with Gasteiger partial charge >= 0.3 is 0 Å². The normalized spacial score (nSPS) is 13.4. The lowest BCUT2D eigenvalue weighted by Gasteiger charge is -2.11. The number of likely N-dealkylation sites (N-methyl/N-ethyl adjacent to an activating group) is 1. The zero-order valence-electron chi connectivity index (χ0n) is 12.0. The van der Waals surface area contributed by atoms with Crippen molar-refractivity contribution in [3.05, 3.63) is 58.7 Å². The van der Waals surface area contributed by atoms with Gasteiger partial charge in [0.2, 0.25) is 5.91 Å². The maximum absolute atomic E-state index is 12.6. The molecular weight excluding hydrogens is 264 g/mol. The van der Waals surface area contributed by atoms with E-state index >= 15 is 0 Å². The number of benzene rings is 2. The van der Waals surface area contributed by atoms with Crippen molar-refractivity contribution < 1.29 is 9.59 Å². The van der Waals surface area contributed by atoms with Crippen LogP contribution in [0.25, 0.3) is 0 Å². The SMILES string of the molecule is Cc1cc(N)ccc1C(=O)c1ccc2c(c1)CC(=O)N2C. The second kappa shape index (κ2) is 4.74. The van der Waals surface area contributed by atoms with Gasteiger partial charge in [-0.25, -0.2) is 0 Å². The van der Waals surface area contributed by atoms with Crippen molar-refractivity contribution in [2.24, 2.45) is 0 Å². The number of fused-ring (bicyclic) bond motifs is 1. The summed E-state index contributed by atoms with van der Waals surface area (Å²) in [6.45, 7) is 1.87. The second-order valence-corrected chi connectivity index (χ2v) is 5.38. The molecule has 2 N–H and O–H groups in total. The zero-order chi connectivity index (χ0) is 15.1. The Balaban J connectivity index is 2.00. The average molecular weight is 280 g/mol. The lowest BCUT2D eigenvalue weighted by atomic mass is 9.97. The number of hydrogen-bond acceptors (Lipinski definition) is 3. The van der Waals surface area contributed by atoms with E-state index in [1.165, 1.54) is 0 Å². The summed E-state index contributed by atoms with van der Waals surface area (Å²) in [6.07, 6.45) is 0.355. The first-order valence-electron chi connectivity index (χ1n) is 6.77. The first-order chi connectivity index (χ1) is 9.97. The van der Waals surface area contributed by atoms with Gasteiger partial charge in [-0.05, 0) is 54.4 Å². The molecule has 0 spiro atoms. The number of aryl methyl sites for hydroxylation is 1. The maximum atomic E-state index is 12.6. The lowest BCUT2D eigenvalue weighted by Crippen LogP contribution is -2.20. The van der Waals surface area contributed by atoms with Crippen molar-refractivity contribution in [3.8, 4) is 0 Å². The number of hydrogen-bond donors (Lipinski definition) is 1. The number of nitrogens with two attached hydrogens (primary N) is 1. The van der Waals surface area contributed by atoms with E-state index < -0.39 is 0 Å². The molecule has 21 heavy (non-hydrogen) atoms. The van der Waals surface area contributed by atoms with Crippen molar-refractivity contribution in [1.29, 1.82) is 0 Å². The first kappa shape index (κ1) is 13.4. The van der Waals surface area contributed by atoms with Crippen molar-refractivity contribution in [2.45, 2.75) is 13.3 Å². The fraction of sp³-hybridized carbons (Fsp3) is 0.176. The third-order valence-electron chi connectivity index (χ3n) is 3.91. The highest BCUT2D eigenvalue weighted by Crippen LogP contribution is 2.29. The van der Waals surface area contributed by atoms with E-state index in [0.717, 1.165) is 16.8 Å². The Morgan fingerprint density at radius 3 is 2.67 bits per heavy atom. The van der Waals surface area contributed by atoms with Crippen LogP contribution in [-0.4, -0.2) is 18.7 Å². The molecule has 0 aliphatic carbocycles. The Morgan fingerprint density at radius 2 is 1.95 bits per heavy atom. The third-order valence-corrected chi connectivity index (χ3v) is 3.91. The summed E-state index contributed by atoms with van der Waals surface area (Å²) in [5.74, 6) is 0.00978. The number of rotatable bonds is 2. The molecule has 0 aromatic heterocycles. The van der Waals surface area contributed by atoms with Crippen LogP contribution in [0.1, 0.15) is 27.0 Å². The molecule has 106 valence electrons. The van der Waals surface area contributed by atoms with E-state index in [0.29, 0.717) is 23.2 Å². The smallest absolute Gasteiger partial charge is 0.231 e. The summed E-state index contributed by atoms with van der Waals surface area (Å²) < 4.78 is 0. The molecule has 1 aliphatic heterocycles. The maximum Gasteiger partial charge on any atom is 0.231 e. The minimum Gasteiger partial charge on any atom is -0.399 e. The highest BCUT2D eigenvalue weighted by atomic mass is 16.2. The molecule has 0 saturated carbocycles. The average Bonchev–Trinajstić information content (AvgIpc) is 2.73. The molecule has 1 amide bonds. The highest BCUT2D eigenvalue weighted by molar-refractivity contribution is 6.11. The van der Waals surface area contributed by atoms with Crippen LogP contribution >= 0.6 is 0 Å². The van der Waals surface area contributed by atoms with Crippen LogP contribution < -0.4 is 10.6 Å². The van der Waals surface area contributed by atoms with Gasteiger partial charge in [0.1, 0.15) is 0 Å². The fourth-order valence-electron chi connectivity index (χ4n) is 2.71. The van der Waals surface area contributed by atoms with Crippen LogP contribution in [0.4, 0.5) is 11.4 Å². The predicted octanol–water partition coefficient (Wildman–Crippen LogP) is 2.33. The van der Waals surface area contributed by atoms with Gasteiger partial charge in [0, 0.05) is 29.5 Å². The molecule has 4 nitrogen and oxygen atoms in total. The van der Waals surface area contributed by atoms with Crippen LogP contribution in [0.15, 0.2) is 36.4 Å².